The number of sulfonamides is 1. The number of para-hydroxylation sites is 1. The van der Waals surface area contributed by atoms with Gasteiger partial charge in [0.25, 0.3) is 15.7 Å². The molecule has 2 aromatic rings. The zero-order valence-corrected chi connectivity index (χ0v) is 17.3. The van der Waals surface area contributed by atoms with Crippen molar-refractivity contribution in [2.75, 3.05) is 7.11 Å². The average molecular weight is 434 g/mol. The Hall–Kier alpha value is -3.27. The molecule has 2 aromatic carbocycles. The van der Waals surface area contributed by atoms with Crippen LogP contribution in [0.15, 0.2) is 64.7 Å². The van der Waals surface area contributed by atoms with Gasteiger partial charge in [0.2, 0.25) is 0 Å². The molecule has 8 nitrogen and oxygen atoms in total. The maximum atomic E-state index is 13.6. The van der Waals surface area contributed by atoms with Crippen molar-refractivity contribution in [1.82, 2.24) is 4.31 Å². The predicted molar refractivity (Wildman–Crippen MR) is 105 cm³/mol. The van der Waals surface area contributed by atoms with Crippen LogP contribution in [0.25, 0.3) is 0 Å². The van der Waals surface area contributed by atoms with Gasteiger partial charge in [-0.2, -0.15) is 0 Å². The van der Waals surface area contributed by atoms with Crippen LogP contribution >= 0.6 is 0 Å². The van der Waals surface area contributed by atoms with Crippen LogP contribution in [-0.2, 0) is 25.1 Å². The van der Waals surface area contributed by atoms with E-state index in [1.54, 1.807) is 6.92 Å². The fourth-order valence-electron chi connectivity index (χ4n) is 3.78. The first-order valence-corrected chi connectivity index (χ1v) is 10.3. The molecule has 0 bridgehead atoms. The second-order valence-corrected chi connectivity index (χ2v) is 8.76. The second kappa shape index (κ2) is 7.52. The summed E-state index contributed by atoms with van der Waals surface area (Å²) in [7, 11) is -3.29. The third kappa shape index (κ3) is 3.32. The molecule has 0 saturated heterocycles. The van der Waals surface area contributed by atoms with Gasteiger partial charge in [0.1, 0.15) is 5.82 Å². The average Bonchev–Trinajstić information content (AvgIpc) is 3.00. The highest BCUT2D eigenvalue weighted by atomic mass is 32.2. The van der Waals surface area contributed by atoms with Crippen molar-refractivity contribution >= 4 is 21.7 Å². The molecule has 3 rings (SSSR count). The van der Waals surface area contributed by atoms with Crippen LogP contribution in [0.2, 0.25) is 0 Å². The highest BCUT2D eigenvalue weighted by molar-refractivity contribution is 7.89. The van der Waals surface area contributed by atoms with Gasteiger partial charge >= 0.3 is 5.97 Å². The number of methoxy groups -OCH3 is 1. The molecule has 0 saturated carbocycles. The lowest BCUT2D eigenvalue weighted by molar-refractivity contribution is -0.387. The standard InChI is InChI=1S/C20H19FN2O6S/c1-13-16(19(24)29-3)12-20(2,14-8-10-15(21)11-9-14)22(13)30(27,28)18-7-5-4-6-17(18)23(25)26/h4-11H,12H2,1-3H3. The number of nitro benzene ring substituents is 1. The summed E-state index contributed by atoms with van der Waals surface area (Å²) in [4.78, 5) is 22.5. The highest BCUT2D eigenvalue weighted by Crippen LogP contribution is 2.48. The summed E-state index contributed by atoms with van der Waals surface area (Å²) in [6, 6.07) is 10.2. The zero-order valence-electron chi connectivity index (χ0n) is 16.5. The third-order valence-corrected chi connectivity index (χ3v) is 7.25. The summed E-state index contributed by atoms with van der Waals surface area (Å²) >= 11 is 0. The smallest absolute Gasteiger partial charge is 0.335 e. The van der Waals surface area contributed by atoms with Gasteiger partial charge in [-0.3, -0.25) is 14.4 Å². The van der Waals surface area contributed by atoms with Crippen LogP contribution in [0.1, 0.15) is 25.8 Å². The molecule has 0 amide bonds. The van der Waals surface area contributed by atoms with Gasteiger partial charge in [-0.15, -0.1) is 0 Å². The molecule has 0 radical (unpaired) electrons. The second-order valence-electron chi connectivity index (χ2n) is 7.01. The van der Waals surface area contributed by atoms with Crippen molar-refractivity contribution < 1.29 is 27.3 Å². The van der Waals surface area contributed by atoms with E-state index in [4.69, 9.17) is 4.74 Å². The summed E-state index contributed by atoms with van der Waals surface area (Å²) in [5.74, 6) is -1.22. The third-order valence-electron chi connectivity index (χ3n) is 5.19. The Bertz CT molecular complexity index is 1160. The van der Waals surface area contributed by atoms with Crippen LogP contribution in [-0.4, -0.2) is 30.7 Å². The molecule has 0 aromatic heterocycles. The number of carbonyl (C=O) groups excluding carboxylic acids is 1. The number of hydrogen-bond donors (Lipinski definition) is 0. The van der Waals surface area contributed by atoms with E-state index in [0.717, 1.165) is 16.4 Å². The number of ether oxygens (including phenoxy) is 1. The van der Waals surface area contributed by atoms with Gasteiger partial charge in [0.05, 0.1) is 23.1 Å². The van der Waals surface area contributed by atoms with E-state index in [2.05, 4.69) is 0 Å². The lowest BCUT2D eigenvalue weighted by Crippen LogP contribution is -2.43. The van der Waals surface area contributed by atoms with Crippen LogP contribution in [0.5, 0.6) is 0 Å². The molecule has 0 spiro atoms. The van der Waals surface area contributed by atoms with Crippen molar-refractivity contribution in [3.63, 3.8) is 0 Å². The number of allylic oxidation sites excluding steroid dienone is 1. The van der Waals surface area contributed by atoms with E-state index in [1.807, 2.05) is 0 Å². The first-order valence-electron chi connectivity index (χ1n) is 8.87. The fraction of sp³-hybridized carbons (Fsp3) is 0.250. The summed E-state index contributed by atoms with van der Waals surface area (Å²) in [6.07, 6.45) is -0.0446. The molecule has 0 N–H and O–H groups in total. The number of benzene rings is 2. The minimum absolute atomic E-state index is 0.0446. The SMILES string of the molecule is COC(=O)C1=C(C)N(S(=O)(=O)c2ccccc2[N+](=O)[O-])C(C)(c2ccc(F)cc2)C1. The lowest BCUT2D eigenvalue weighted by atomic mass is 9.88. The van der Waals surface area contributed by atoms with Crippen molar-refractivity contribution in [3.8, 4) is 0 Å². The maximum absolute atomic E-state index is 13.6. The Labute approximate surface area is 172 Å². The maximum Gasteiger partial charge on any atom is 0.335 e. The Morgan fingerprint density at radius 2 is 1.80 bits per heavy atom. The van der Waals surface area contributed by atoms with Crippen LogP contribution in [0, 0.1) is 15.9 Å². The molecular formula is C20H19FN2O6S. The Morgan fingerprint density at radius 1 is 1.20 bits per heavy atom. The quantitative estimate of drug-likeness (QED) is 0.405. The first kappa shape index (κ1) is 21.4. The van der Waals surface area contributed by atoms with Crippen LogP contribution in [0.3, 0.4) is 0 Å². The Balaban J connectivity index is 2.28. The van der Waals surface area contributed by atoms with Gasteiger partial charge in [0.15, 0.2) is 4.90 Å². The summed E-state index contributed by atoms with van der Waals surface area (Å²) in [5.41, 5.74) is -1.29. The Kier molecular flexibility index (Phi) is 5.38. The van der Waals surface area contributed by atoms with Crippen molar-refractivity contribution in [2.45, 2.75) is 30.7 Å². The largest absolute Gasteiger partial charge is 0.466 e. The van der Waals surface area contributed by atoms with Gasteiger partial charge in [-0.1, -0.05) is 24.3 Å². The fourth-order valence-corrected chi connectivity index (χ4v) is 5.80. The molecule has 30 heavy (non-hydrogen) atoms. The van der Waals surface area contributed by atoms with E-state index >= 15 is 0 Å². The number of carbonyl (C=O) groups is 1. The molecule has 10 heteroatoms. The van der Waals surface area contributed by atoms with Crippen LogP contribution in [0.4, 0.5) is 10.1 Å². The van der Waals surface area contributed by atoms with E-state index in [0.29, 0.717) is 5.56 Å². The molecule has 1 aliphatic rings. The summed E-state index contributed by atoms with van der Waals surface area (Å²) in [5, 5.41) is 11.4. The monoisotopic (exact) mass is 434 g/mol. The zero-order chi connectivity index (χ0) is 22.3. The van der Waals surface area contributed by atoms with E-state index in [9.17, 15) is 27.7 Å². The number of halogens is 1. The van der Waals surface area contributed by atoms with Crippen molar-refractivity contribution in [2.24, 2.45) is 0 Å². The highest BCUT2D eigenvalue weighted by Gasteiger charge is 2.51. The van der Waals surface area contributed by atoms with Crippen molar-refractivity contribution in [1.29, 1.82) is 0 Å². The van der Waals surface area contributed by atoms with Crippen LogP contribution < -0.4 is 0 Å². The number of nitro groups is 1. The van der Waals surface area contributed by atoms with E-state index in [1.165, 1.54) is 50.4 Å². The predicted octanol–water partition coefficient (Wildman–Crippen LogP) is 3.49. The number of rotatable bonds is 5. The minimum Gasteiger partial charge on any atom is -0.466 e. The van der Waals surface area contributed by atoms with E-state index in [-0.39, 0.29) is 17.7 Å². The van der Waals surface area contributed by atoms with Crippen molar-refractivity contribution in [3.05, 3.63) is 81.3 Å². The lowest BCUT2D eigenvalue weighted by Gasteiger charge is -2.37. The number of nitrogens with zero attached hydrogens (tertiary/aromatic N) is 2. The number of hydrogen-bond acceptors (Lipinski definition) is 6. The molecule has 158 valence electrons. The molecule has 1 aliphatic heterocycles. The molecule has 0 fully saturated rings. The molecule has 1 unspecified atom stereocenters. The molecular weight excluding hydrogens is 415 g/mol. The Morgan fingerprint density at radius 3 is 2.37 bits per heavy atom. The number of esters is 1. The first-order chi connectivity index (χ1) is 14.0. The minimum atomic E-state index is -4.47. The molecule has 0 aliphatic carbocycles. The van der Waals surface area contributed by atoms with Gasteiger partial charge in [-0.25, -0.2) is 17.6 Å². The summed E-state index contributed by atoms with van der Waals surface area (Å²) in [6.45, 7) is 3.01. The normalized spacial score (nSPS) is 19.1. The van der Waals surface area contributed by atoms with Gasteiger partial charge in [-0.05, 0) is 37.6 Å². The molecule has 1 atom stereocenters. The topological polar surface area (TPSA) is 107 Å². The molecule has 1 heterocycles. The van der Waals surface area contributed by atoms with E-state index < -0.39 is 42.9 Å². The van der Waals surface area contributed by atoms with Gasteiger partial charge in [0, 0.05) is 18.2 Å². The summed E-state index contributed by atoms with van der Waals surface area (Å²) < 4.78 is 46.6. The van der Waals surface area contributed by atoms with Gasteiger partial charge < -0.3 is 4.74 Å².